The van der Waals surface area contributed by atoms with Crippen molar-refractivity contribution >= 4 is 11.9 Å². The number of Topliss-reactive ketones (excluding diaryl/α,β-unsaturated/α-hetero) is 1. The molecular formula is C21H18N2O3. The molecule has 0 aliphatic heterocycles. The van der Waals surface area contributed by atoms with E-state index in [-0.39, 0.29) is 5.78 Å². The number of aromatic nitrogens is 2. The number of nitrogens with zero attached hydrogens (tertiary/aromatic N) is 2. The molecule has 5 heteroatoms. The molecule has 0 spiro atoms. The molecule has 1 aromatic heterocycles. The van der Waals surface area contributed by atoms with Crippen molar-refractivity contribution < 1.29 is 14.3 Å². The van der Waals surface area contributed by atoms with Crippen molar-refractivity contribution in [3.05, 3.63) is 77.1 Å². The highest BCUT2D eigenvalue weighted by Gasteiger charge is 2.27. The van der Waals surface area contributed by atoms with E-state index in [0.29, 0.717) is 23.5 Å². The summed E-state index contributed by atoms with van der Waals surface area (Å²) in [7, 11) is 3.17. The van der Waals surface area contributed by atoms with Crippen molar-refractivity contribution in [2.45, 2.75) is 6.42 Å². The fourth-order valence-electron chi connectivity index (χ4n) is 3.20. The Balaban J connectivity index is 1.63. The molecule has 0 bridgehead atoms. The summed E-state index contributed by atoms with van der Waals surface area (Å²) in [6.45, 7) is 0. The van der Waals surface area contributed by atoms with Crippen molar-refractivity contribution in [2.75, 3.05) is 14.2 Å². The molecule has 0 radical (unpaired) electrons. The molecule has 1 aliphatic rings. The van der Waals surface area contributed by atoms with Gasteiger partial charge in [0.25, 0.3) is 0 Å². The van der Waals surface area contributed by atoms with Crippen molar-refractivity contribution in [2.24, 2.45) is 0 Å². The minimum Gasteiger partial charge on any atom is -0.493 e. The SMILES string of the molecule is COc1cc2c(cc1OC)C(=O)C(=Cc1ccc(-n3cccn3)cc1)C2. The van der Waals surface area contributed by atoms with Crippen LogP contribution in [0, 0.1) is 0 Å². The molecule has 5 nitrogen and oxygen atoms in total. The molecule has 130 valence electrons. The monoisotopic (exact) mass is 346 g/mol. The van der Waals surface area contributed by atoms with Crippen LogP contribution in [0.5, 0.6) is 11.5 Å². The molecule has 0 amide bonds. The number of hydrogen-bond donors (Lipinski definition) is 0. The largest absolute Gasteiger partial charge is 0.493 e. The normalized spacial score (nSPS) is 14.5. The molecule has 0 fully saturated rings. The van der Waals surface area contributed by atoms with E-state index in [0.717, 1.165) is 22.4 Å². The van der Waals surface area contributed by atoms with Crippen molar-refractivity contribution in [1.82, 2.24) is 9.78 Å². The van der Waals surface area contributed by atoms with E-state index in [4.69, 9.17) is 9.47 Å². The Bertz CT molecular complexity index is 987. The predicted octanol–water partition coefficient (Wildman–Crippen LogP) is 3.71. The second kappa shape index (κ2) is 6.52. The van der Waals surface area contributed by atoms with Gasteiger partial charge in [-0.25, -0.2) is 4.68 Å². The van der Waals surface area contributed by atoms with E-state index in [2.05, 4.69) is 5.10 Å². The molecule has 0 saturated heterocycles. The van der Waals surface area contributed by atoms with Crippen LogP contribution in [0.3, 0.4) is 0 Å². The van der Waals surface area contributed by atoms with Crippen LogP contribution >= 0.6 is 0 Å². The summed E-state index contributed by atoms with van der Waals surface area (Å²) in [6.07, 6.45) is 6.17. The zero-order valence-electron chi connectivity index (χ0n) is 14.6. The summed E-state index contributed by atoms with van der Waals surface area (Å²) < 4.78 is 12.4. The average molecular weight is 346 g/mol. The van der Waals surface area contributed by atoms with E-state index < -0.39 is 0 Å². The molecule has 1 heterocycles. The van der Waals surface area contributed by atoms with E-state index in [9.17, 15) is 4.79 Å². The Morgan fingerprint density at radius 1 is 1.08 bits per heavy atom. The summed E-state index contributed by atoms with van der Waals surface area (Å²) in [6, 6.07) is 13.5. The lowest BCUT2D eigenvalue weighted by Crippen LogP contribution is -1.98. The van der Waals surface area contributed by atoms with Crippen LogP contribution in [0.4, 0.5) is 0 Å². The minimum absolute atomic E-state index is 0.0390. The Labute approximate surface area is 151 Å². The highest BCUT2D eigenvalue weighted by Crippen LogP contribution is 2.37. The zero-order chi connectivity index (χ0) is 18.1. The van der Waals surface area contributed by atoms with Gasteiger partial charge in [0.2, 0.25) is 0 Å². The van der Waals surface area contributed by atoms with Gasteiger partial charge < -0.3 is 9.47 Å². The first-order chi connectivity index (χ1) is 12.7. The van der Waals surface area contributed by atoms with E-state index in [1.165, 1.54) is 0 Å². The highest BCUT2D eigenvalue weighted by atomic mass is 16.5. The molecule has 4 rings (SSSR count). The number of rotatable bonds is 4. The van der Waals surface area contributed by atoms with Gasteiger partial charge in [0, 0.05) is 30.0 Å². The molecular weight excluding hydrogens is 328 g/mol. The van der Waals surface area contributed by atoms with E-state index in [1.54, 1.807) is 31.2 Å². The fourth-order valence-corrected chi connectivity index (χ4v) is 3.20. The first kappa shape index (κ1) is 16.1. The molecule has 1 aliphatic carbocycles. The van der Waals surface area contributed by atoms with Gasteiger partial charge in [0.1, 0.15) is 0 Å². The Kier molecular flexibility index (Phi) is 4.05. The predicted molar refractivity (Wildman–Crippen MR) is 99.1 cm³/mol. The molecule has 26 heavy (non-hydrogen) atoms. The number of methoxy groups -OCH3 is 2. The first-order valence-corrected chi connectivity index (χ1v) is 8.30. The Morgan fingerprint density at radius 3 is 2.46 bits per heavy atom. The second-order valence-corrected chi connectivity index (χ2v) is 6.08. The topological polar surface area (TPSA) is 53.4 Å². The molecule has 0 atom stereocenters. The standard InChI is InChI=1S/C21H18N2O3/c1-25-19-12-15-11-16(21(24)18(15)13-20(19)26-2)10-14-4-6-17(7-5-14)23-9-3-8-22-23/h3-10,12-13H,11H2,1-2H3. The number of ketones is 1. The summed E-state index contributed by atoms with van der Waals surface area (Å²) >= 11 is 0. The number of hydrogen-bond acceptors (Lipinski definition) is 4. The fraction of sp³-hybridized carbons (Fsp3) is 0.143. The van der Waals surface area contributed by atoms with E-state index >= 15 is 0 Å². The van der Waals surface area contributed by atoms with Crippen LogP contribution in [0.15, 0.2) is 60.4 Å². The van der Waals surface area contributed by atoms with E-state index in [1.807, 2.05) is 48.7 Å². The van der Waals surface area contributed by atoms with Crippen LogP contribution in [0.1, 0.15) is 21.5 Å². The Morgan fingerprint density at radius 2 is 1.81 bits per heavy atom. The lowest BCUT2D eigenvalue weighted by atomic mass is 10.1. The summed E-state index contributed by atoms with van der Waals surface area (Å²) in [5, 5.41) is 4.21. The lowest BCUT2D eigenvalue weighted by Gasteiger charge is -2.08. The van der Waals surface area contributed by atoms with Gasteiger partial charge in [-0.1, -0.05) is 12.1 Å². The van der Waals surface area contributed by atoms with Crippen molar-refractivity contribution in [3.8, 4) is 17.2 Å². The van der Waals surface area contributed by atoms with Crippen LogP contribution in [0.25, 0.3) is 11.8 Å². The maximum atomic E-state index is 12.7. The Hall–Kier alpha value is -3.34. The first-order valence-electron chi connectivity index (χ1n) is 8.30. The van der Waals surface area contributed by atoms with Crippen molar-refractivity contribution in [3.63, 3.8) is 0 Å². The van der Waals surface area contributed by atoms with Crippen molar-refractivity contribution in [1.29, 1.82) is 0 Å². The maximum Gasteiger partial charge on any atom is 0.189 e. The number of ether oxygens (including phenoxy) is 2. The molecule has 3 aromatic rings. The van der Waals surface area contributed by atoms with Gasteiger partial charge in [0.05, 0.1) is 19.9 Å². The molecule has 0 saturated carbocycles. The van der Waals surface area contributed by atoms with Crippen LogP contribution in [-0.4, -0.2) is 29.8 Å². The number of carbonyl (C=O) groups is 1. The lowest BCUT2D eigenvalue weighted by molar-refractivity contribution is 0.104. The quantitative estimate of drug-likeness (QED) is 0.676. The molecule has 0 unspecified atom stereocenters. The van der Waals surface area contributed by atoms with Gasteiger partial charge >= 0.3 is 0 Å². The summed E-state index contributed by atoms with van der Waals surface area (Å²) in [4.78, 5) is 12.7. The van der Waals surface area contributed by atoms with Gasteiger partial charge in [-0.15, -0.1) is 0 Å². The number of benzene rings is 2. The third-order valence-electron chi connectivity index (χ3n) is 4.53. The number of fused-ring (bicyclic) bond motifs is 1. The average Bonchev–Trinajstić information content (AvgIpc) is 3.30. The van der Waals surface area contributed by atoms with Gasteiger partial charge in [-0.05, 0) is 47.5 Å². The zero-order valence-corrected chi connectivity index (χ0v) is 14.6. The minimum atomic E-state index is 0.0390. The van der Waals surface area contributed by atoms with Crippen LogP contribution in [-0.2, 0) is 6.42 Å². The van der Waals surface area contributed by atoms with Crippen LogP contribution in [0.2, 0.25) is 0 Å². The van der Waals surface area contributed by atoms with Gasteiger partial charge in [-0.2, -0.15) is 5.10 Å². The number of allylic oxidation sites excluding steroid dienone is 1. The molecule has 0 N–H and O–H groups in total. The highest BCUT2D eigenvalue weighted by molar-refractivity contribution is 6.15. The van der Waals surface area contributed by atoms with Gasteiger partial charge in [0.15, 0.2) is 17.3 Å². The maximum absolute atomic E-state index is 12.7. The third-order valence-corrected chi connectivity index (χ3v) is 4.53. The third kappa shape index (κ3) is 2.77. The molecule has 2 aromatic carbocycles. The second-order valence-electron chi connectivity index (χ2n) is 6.08. The smallest absolute Gasteiger partial charge is 0.189 e. The summed E-state index contributed by atoms with van der Waals surface area (Å²) in [5.41, 5.74) is 4.37. The number of carbonyl (C=O) groups excluding carboxylic acids is 1. The summed E-state index contributed by atoms with van der Waals surface area (Å²) in [5.74, 6) is 1.26. The van der Waals surface area contributed by atoms with Crippen LogP contribution < -0.4 is 9.47 Å². The van der Waals surface area contributed by atoms with Gasteiger partial charge in [-0.3, -0.25) is 4.79 Å².